The molecule has 144 valence electrons. The van der Waals surface area contributed by atoms with Gasteiger partial charge >= 0.3 is 12.1 Å². The fourth-order valence-corrected chi connectivity index (χ4v) is 3.09. The number of nitrogens with zero attached hydrogens (tertiary/aromatic N) is 3. The molecular weight excluding hydrogens is 353 g/mol. The van der Waals surface area contributed by atoms with Crippen molar-refractivity contribution >= 4 is 28.7 Å². The number of hydrogen-bond donors (Lipinski definition) is 1. The van der Waals surface area contributed by atoms with Gasteiger partial charge < -0.3 is 19.6 Å². The van der Waals surface area contributed by atoms with E-state index in [1.807, 2.05) is 25.7 Å². The number of amides is 1. The molecule has 0 spiro atoms. The smallest absolute Gasteiger partial charge is 0.410 e. The third kappa shape index (κ3) is 4.10. The van der Waals surface area contributed by atoms with Crippen LogP contribution in [0.25, 0.3) is 10.9 Å². The van der Waals surface area contributed by atoms with E-state index in [1.165, 1.54) is 18.3 Å². The van der Waals surface area contributed by atoms with Gasteiger partial charge in [-0.15, -0.1) is 0 Å². The highest BCUT2D eigenvalue weighted by Crippen LogP contribution is 2.31. The standard InChI is InChI=1S/C19H22FN3O4/c1-19(2,3)27-18(26)23-8-6-22(7-9-23)16-13-5-4-12(20)10-15(13)21-11-14(16)17(24)25/h4-5,10-11H,6-9H2,1-3H3,(H,24,25). The van der Waals surface area contributed by atoms with E-state index in [1.54, 1.807) is 11.0 Å². The van der Waals surface area contributed by atoms with E-state index in [9.17, 15) is 19.1 Å². The van der Waals surface area contributed by atoms with Gasteiger partial charge in [-0.05, 0) is 32.9 Å². The number of halogens is 1. The summed E-state index contributed by atoms with van der Waals surface area (Å²) in [5.74, 6) is -1.53. The molecule has 1 fully saturated rings. The Morgan fingerprint density at radius 2 is 1.85 bits per heavy atom. The maximum absolute atomic E-state index is 13.5. The summed E-state index contributed by atoms with van der Waals surface area (Å²) >= 11 is 0. The lowest BCUT2D eigenvalue weighted by atomic mass is 10.1. The number of pyridine rings is 1. The number of aromatic nitrogens is 1. The summed E-state index contributed by atoms with van der Waals surface area (Å²) < 4.78 is 18.9. The van der Waals surface area contributed by atoms with Crippen LogP contribution in [0.3, 0.4) is 0 Å². The van der Waals surface area contributed by atoms with E-state index in [4.69, 9.17) is 4.74 Å². The molecule has 0 aliphatic carbocycles. The van der Waals surface area contributed by atoms with Crippen molar-refractivity contribution in [2.24, 2.45) is 0 Å². The fraction of sp³-hybridized carbons (Fsp3) is 0.421. The molecule has 0 bridgehead atoms. The molecule has 2 aromatic rings. The summed E-state index contributed by atoms with van der Waals surface area (Å²) in [7, 11) is 0. The summed E-state index contributed by atoms with van der Waals surface area (Å²) in [6, 6.07) is 4.11. The van der Waals surface area contributed by atoms with Crippen molar-refractivity contribution in [3.05, 3.63) is 35.8 Å². The van der Waals surface area contributed by atoms with Gasteiger partial charge in [0.25, 0.3) is 0 Å². The summed E-state index contributed by atoms with van der Waals surface area (Å²) in [6.07, 6.45) is 0.863. The van der Waals surface area contributed by atoms with Crippen LogP contribution >= 0.6 is 0 Å². The molecule has 7 nitrogen and oxygen atoms in total. The molecule has 2 heterocycles. The minimum absolute atomic E-state index is 0.0554. The Labute approximate surface area is 156 Å². The van der Waals surface area contributed by atoms with E-state index in [0.717, 1.165) is 0 Å². The first-order valence-corrected chi connectivity index (χ1v) is 8.70. The summed E-state index contributed by atoms with van der Waals surface area (Å²) in [6.45, 7) is 7.11. The molecule has 1 aliphatic heterocycles. The molecule has 1 N–H and O–H groups in total. The summed E-state index contributed by atoms with van der Waals surface area (Å²) in [5, 5.41) is 10.1. The minimum Gasteiger partial charge on any atom is -0.478 e. The van der Waals surface area contributed by atoms with Crippen LogP contribution in [0.1, 0.15) is 31.1 Å². The molecule has 1 saturated heterocycles. The van der Waals surface area contributed by atoms with Crippen LogP contribution in [-0.4, -0.2) is 58.8 Å². The molecule has 0 unspecified atom stereocenters. The predicted octanol–water partition coefficient (Wildman–Crippen LogP) is 3.13. The third-order valence-corrected chi connectivity index (χ3v) is 4.28. The average molecular weight is 375 g/mol. The Kier molecular flexibility index (Phi) is 4.91. The molecule has 1 aliphatic rings. The Morgan fingerprint density at radius 1 is 1.19 bits per heavy atom. The van der Waals surface area contributed by atoms with Crippen molar-refractivity contribution in [1.82, 2.24) is 9.88 Å². The Bertz CT molecular complexity index is 886. The molecule has 27 heavy (non-hydrogen) atoms. The van der Waals surface area contributed by atoms with Gasteiger partial charge in [0.2, 0.25) is 0 Å². The largest absolute Gasteiger partial charge is 0.478 e. The summed E-state index contributed by atoms with van der Waals surface area (Å²) in [4.78, 5) is 31.5. The van der Waals surface area contributed by atoms with E-state index in [0.29, 0.717) is 42.8 Å². The number of carboxylic acids is 1. The quantitative estimate of drug-likeness (QED) is 0.868. The average Bonchev–Trinajstić information content (AvgIpc) is 2.59. The lowest BCUT2D eigenvalue weighted by Gasteiger charge is -2.37. The highest BCUT2D eigenvalue weighted by atomic mass is 19.1. The molecule has 0 radical (unpaired) electrons. The van der Waals surface area contributed by atoms with Crippen LogP contribution in [0.15, 0.2) is 24.4 Å². The lowest BCUT2D eigenvalue weighted by molar-refractivity contribution is 0.0240. The number of piperazine rings is 1. The van der Waals surface area contributed by atoms with Gasteiger partial charge in [-0.3, -0.25) is 4.98 Å². The second kappa shape index (κ2) is 7.02. The number of aromatic carboxylic acids is 1. The van der Waals surface area contributed by atoms with Gasteiger partial charge in [0.15, 0.2) is 0 Å². The van der Waals surface area contributed by atoms with Crippen molar-refractivity contribution in [3.8, 4) is 0 Å². The zero-order valence-electron chi connectivity index (χ0n) is 15.5. The predicted molar refractivity (Wildman–Crippen MR) is 98.7 cm³/mol. The van der Waals surface area contributed by atoms with E-state index in [2.05, 4.69) is 4.98 Å². The van der Waals surface area contributed by atoms with E-state index >= 15 is 0 Å². The lowest BCUT2D eigenvalue weighted by Crippen LogP contribution is -2.50. The first kappa shape index (κ1) is 18.9. The monoisotopic (exact) mass is 375 g/mol. The molecule has 1 amide bonds. The Balaban J connectivity index is 1.87. The third-order valence-electron chi connectivity index (χ3n) is 4.28. The number of carboxylic acid groups (broad SMARTS) is 1. The highest BCUT2D eigenvalue weighted by molar-refractivity contribution is 6.04. The van der Waals surface area contributed by atoms with Crippen molar-refractivity contribution in [2.45, 2.75) is 26.4 Å². The maximum Gasteiger partial charge on any atom is 0.410 e. The zero-order valence-corrected chi connectivity index (χ0v) is 15.5. The number of rotatable bonds is 2. The van der Waals surface area contributed by atoms with E-state index in [-0.39, 0.29) is 11.7 Å². The van der Waals surface area contributed by atoms with Gasteiger partial charge in [-0.2, -0.15) is 0 Å². The second-order valence-electron chi connectivity index (χ2n) is 7.44. The number of hydrogen-bond acceptors (Lipinski definition) is 5. The van der Waals surface area contributed by atoms with Crippen molar-refractivity contribution in [3.63, 3.8) is 0 Å². The molecule has 1 aromatic carbocycles. The molecule has 3 rings (SSSR count). The minimum atomic E-state index is -1.10. The number of benzene rings is 1. The topological polar surface area (TPSA) is 83.0 Å². The fourth-order valence-electron chi connectivity index (χ4n) is 3.09. The number of carbonyl (C=O) groups is 2. The van der Waals surface area contributed by atoms with Crippen LogP contribution in [0.4, 0.5) is 14.9 Å². The molecular formula is C19H22FN3O4. The first-order chi connectivity index (χ1) is 12.7. The number of carbonyl (C=O) groups excluding carboxylic acids is 1. The van der Waals surface area contributed by atoms with Crippen LogP contribution in [0.5, 0.6) is 0 Å². The molecule has 0 saturated carbocycles. The van der Waals surface area contributed by atoms with E-state index < -0.39 is 17.4 Å². The van der Waals surface area contributed by atoms with Gasteiger partial charge in [0.1, 0.15) is 17.0 Å². The maximum atomic E-state index is 13.5. The van der Waals surface area contributed by atoms with Crippen LogP contribution < -0.4 is 4.90 Å². The highest BCUT2D eigenvalue weighted by Gasteiger charge is 2.28. The first-order valence-electron chi connectivity index (χ1n) is 8.70. The Morgan fingerprint density at radius 3 is 2.44 bits per heavy atom. The van der Waals surface area contributed by atoms with Crippen LogP contribution in [0.2, 0.25) is 0 Å². The zero-order chi connectivity index (χ0) is 19.8. The molecule has 8 heteroatoms. The normalized spacial score (nSPS) is 15.1. The van der Waals surface area contributed by atoms with Gasteiger partial charge in [0.05, 0.1) is 11.2 Å². The van der Waals surface area contributed by atoms with Gasteiger partial charge in [0, 0.05) is 43.8 Å². The van der Waals surface area contributed by atoms with Crippen molar-refractivity contribution in [2.75, 3.05) is 31.1 Å². The van der Waals surface area contributed by atoms with Crippen LogP contribution in [0, 0.1) is 5.82 Å². The number of ether oxygens (including phenoxy) is 1. The molecule has 1 aromatic heterocycles. The SMILES string of the molecule is CC(C)(C)OC(=O)N1CCN(c2c(C(=O)O)cnc3cc(F)ccc23)CC1. The number of fused-ring (bicyclic) bond motifs is 1. The van der Waals surface area contributed by atoms with Crippen molar-refractivity contribution < 1.29 is 23.8 Å². The van der Waals surface area contributed by atoms with Gasteiger partial charge in [-0.25, -0.2) is 14.0 Å². The Hall–Kier alpha value is -2.90. The van der Waals surface area contributed by atoms with Gasteiger partial charge in [-0.1, -0.05) is 0 Å². The second-order valence-corrected chi connectivity index (χ2v) is 7.44. The van der Waals surface area contributed by atoms with Crippen LogP contribution in [-0.2, 0) is 4.74 Å². The number of anilines is 1. The molecule has 0 atom stereocenters. The summed E-state index contributed by atoms with van der Waals surface area (Å²) in [5.41, 5.74) is 0.372. The van der Waals surface area contributed by atoms with Crippen molar-refractivity contribution in [1.29, 1.82) is 0 Å².